The predicted molar refractivity (Wildman–Crippen MR) is 91.3 cm³/mol. The summed E-state index contributed by atoms with van der Waals surface area (Å²) in [5.74, 6) is 0.211. The van der Waals surface area contributed by atoms with Gasteiger partial charge in [0.25, 0.3) is 0 Å². The summed E-state index contributed by atoms with van der Waals surface area (Å²) < 4.78 is 0. The highest BCUT2D eigenvalue weighted by Crippen LogP contribution is 2.29. The maximum Gasteiger partial charge on any atom is 0.223 e. The van der Waals surface area contributed by atoms with Gasteiger partial charge in [-0.3, -0.25) is 9.69 Å². The van der Waals surface area contributed by atoms with Crippen LogP contribution in [0.5, 0.6) is 0 Å². The van der Waals surface area contributed by atoms with Crippen molar-refractivity contribution in [2.45, 2.75) is 57.6 Å². The Bertz CT molecular complexity index is 532. The molecule has 1 saturated heterocycles. The smallest absolute Gasteiger partial charge is 0.223 e. The number of hydrogen-bond acceptors (Lipinski definition) is 5. The molecule has 0 bridgehead atoms. The van der Waals surface area contributed by atoms with E-state index in [0.29, 0.717) is 6.54 Å². The van der Waals surface area contributed by atoms with Gasteiger partial charge >= 0.3 is 0 Å². The lowest BCUT2D eigenvalue weighted by Crippen LogP contribution is -2.45. The molecule has 2 fully saturated rings. The molecule has 5 nitrogen and oxygen atoms in total. The van der Waals surface area contributed by atoms with E-state index in [2.05, 4.69) is 20.6 Å². The van der Waals surface area contributed by atoms with Crippen molar-refractivity contribution < 1.29 is 9.90 Å². The molecular weight excluding hydrogens is 310 g/mol. The van der Waals surface area contributed by atoms with E-state index in [1.165, 1.54) is 0 Å². The molecule has 0 aromatic carbocycles. The maximum atomic E-state index is 12.3. The Morgan fingerprint density at radius 2 is 2.13 bits per heavy atom. The van der Waals surface area contributed by atoms with Crippen LogP contribution in [0.15, 0.2) is 5.38 Å². The molecule has 1 amide bonds. The average molecular weight is 337 g/mol. The van der Waals surface area contributed by atoms with Crippen molar-refractivity contribution in [2.24, 2.45) is 5.92 Å². The van der Waals surface area contributed by atoms with Gasteiger partial charge in [0.2, 0.25) is 5.91 Å². The van der Waals surface area contributed by atoms with Gasteiger partial charge in [0.05, 0.1) is 16.3 Å². The normalized spacial score (nSPS) is 22.3. The van der Waals surface area contributed by atoms with Crippen LogP contribution >= 0.6 is 11.3 Å². The molecule has 128 valence electrons. The van der Waals surface area contributed by atoms with Gasteiger partial charge in [0.1, 0.15) is 0 Å². The zero-order chi connectivity index (χ0) is 16.3. The minimum absolute atomic E-state index is 0.0911. The van der Waals surface area contributed by atoms with Gasteiger partial charge in [-0.2, -0.15) is 0 Å². The molecule has 0 atom stereocenters. The SMILES string of the molecule is Cc1nc(CN2CCC(C(=O)NCC3(O)CCCC3)CC2)cs1. The fraction of sp³-hybridized carbons (Fsp3) is 0.765. The minimum Gasteiger partial charge on any atom is -0.388 e. The van der Waals surface area contributed by atoms with Crippen molar-refractivity contribution in [2.75, 3.05) is 19.6 Å². The van der Waals surface area contributed by atoms with Crippen LogP contribution in [0, 0.1) is 12.8 Å². The first-order valence-corrected chi connectivity index (χ1v) is 9.55. The highest BCUT2D eigenvalue weighted by molar-refractivity contribution is 7.09. The standard InChI is InChI=1S/C17H27N3O2S/c1-13-19-15(11-23-13)10-20-8-4-14(5-9-20)16(21)18-12-17(22)6-2-3-7-17/h11,14,22H,2-10,12H2,1H3,(H,18,21). The van der Waals surface area contributed by atoms with E-state index >= 15 is 0 Å². The van der Waals surface area contributed by atoms with Gasteiger partial charge in [-0.05, 0) is 45.7 Å². The molecule has 1 aliphatic heterocycles. The number of carbonyl (C=O) groups is 1. The number of aryl methyl sites for hydroxylation is 1. The number of aromatic nitrogens is 1. The van der Waals surface area contributed by atoms with E-state index in [-0.39, 0.29) is 11.8 Å². The summed E-state index contributed by atoms with van der Waals surface area (Å²) >= 11 is 1.69. The largest absolute Gasteiger partial charge is 0.388 e. The van der Waals surface area contributed by atoms with Crippen LogP contribution in [0.3, 0.4) is 0 Å². The van der Waals surface area contributed by atoms with E-state index in [9.17, 15) is 9.90 Å². The lowest BCUT2D eigenvalue weighted by Gasteiger charge is -2.31. The molecule has 3 rings (SSSR count). The molecule has 1 saturated carbocycles. The number of hydrogen-bond donors (Lipinski definition) is 2. The molecule has 23 heavy (non-hydrogen) atoms. The summed E-state index contributed by atoms with van der Waals surface area (Å²) in [6.07, 6.45) is 5.57. The third kappa shape index (κ3) is 4.52. The Kier molecular flexibility index (Phi) is 5.34. The van der Waals surface area contributed by atoms with Crippen molar-refractivity contribution >= 4 is 17.2 Å². The molecule has 0 spiro atoms. The minimum atomic E-state index is -0.654. The topological polar surface area (TPSA) is 65.5 Å². The summed E-state index contributed by atoms with van der Waals surface area (Å²) in [6, 6.07) is 0. The zero-order valence-electron chi connectivity index (χ0n) is 13.9. The number of piperidine rings is 1. The van der Waals surface area contributed by atoms with Crippen LogP contribution in [-0.2, 0) is 11.3 Å². The van der Waals surface area contributed by atoms with E-state index in [0.717, 1.165) is 68.9 Å². The van der Waals surface area contributed by atoms with E-state index in [1.807, 2.05) is 6.92 Å². The van der Waals surface area contributed by atoms with Crippen LogP contribution in [0.4, 0.5) is 0 Å². The molecular formula is C17H27N3O2S. The molecule has 2 heterocycles. The van der Waals surface area contributed by atoms with E-state index in [1.54, 1.807) is 11.3 Å². The van der Waals surface area contributed by atoms with Crippen LogP contribution in [-0.4, -0.2) is 46.1 Å². The number of nitrogens with zero attached hydrogens (tertiary/aromatic N) is 2. The molecule has 0 unspecified atom stereocenters. The van der Waals surface area contributed by atoms with Gasteiger partial charge in [-0.25, -0.2) is 4.98 Å². The first kappa shape index (κ1) is 16.9. The number of aliphatic hydroxyl groups is 1. The van der Waals surface area contributed by atoms with Crippen LogP contribution < -0.4 is 5.32 Å². The van der Waals surface area contributed by atoms with Crippen molar-refractivity contribution in [3.05, 3.63) is 16.1 Å². The van der Waals surface area contributed by atoms with Gasteiger partial charge in [-0.15, -0.1) is 11.3 Å². The van der Waals surface area contributed by atoms with Crippen molar-refractivity contribution in [3.63, 3.8) is 0 Å². The molecule has 2 N–H and O–H groups in total. The highest BCUT2D eigenvalue weighted by atomic mass is 32.1. The van der Waals surface area contributed by atoms with Gasteiger partial charge in [0.15, 0.2) is 0 Å². The first-order valence-electron chi connectivity index (χ1n) is 8.68. The summed E-state index contributed by atoms with van der Waals surface area (Å²) in [5, 5.41) is 16.5. The summed E-state index contributed by atoms with van der Waals surface area (Å²) in [7, 11) is 0. The van der Waals surface area contributed by atoms with Crippen molar-refractivity contribution in [3.8, 4) is 0 Å². The molecule has 0 radical (unpaired) electrons. The third-order valence-corrected chi connectivity index (χ3v) is 5.96. The Labute approximate surface area is 142 Å². The van der Waals surface area contributed by atoms with Gasteiger partial charge in [-0.1, -0.05) is 12.8 Å². The second-order valence-corrected chi connectivity index (χ2v) is 8.12. The number of rotatable bonds is 5. The maximum absolute atomic E-state index is 12.3. The number of carbonyl (C=O) groups excluding carboxylic acids is 1. The fourth-order valence-corrected chi connectivity index (χ4v) is 4.27. The van der Waals surface area contributed by atoms with E-state index < -0.39 is 5.60 Å². The molecule has 1 aliphatic carbocycles. The van der Waals surface area contributed by atoms with E-state index in [4.69, 9.17) is 0 Å². The Balaban J connectivity index is 1.40. The van der Waals surface area contributed by atoms with Crippen LogP contribution in [0.2, 0.25) is 0 Å². The lowest BCUT2D eigenvalue weighted by atomic mass is 9.95. The van der Waals surface area contributed by atoms with Crippen LogP contribution in [0.1, 0.15) is 49.2 Å². The summed E-state index contributed by atoms with van der Waals surface area (Å²) in [5.41, 5.74) is 0.484. The second kappa shape index (κ2) is 7.28. The Morgan fingerprint density at radius 3 is 2.74 bits per heavy atom. The molecule has 2 aliphatic rings. The number of amides is 1. The van der Waals surface area contributed by atoms with Gasteiger partial charge in [0, 0.05) is 24.4 Å². The number of likely N-dealkylation sites (tertiary alicyclic amines) is 1. The highest BCUT2D eigenvalue weighted by Gasteiger charge is 2.32. The van der Waals surface area contributed by atoms with Crippen molar-refractivity contribution in [1.29, 1.82) is 0 Å². The summed E-state index contributed by atoms with van der Waals surface area (Å²) in [6.45, 7) is 5.23. The zero-order valence-corrected chi connectivity index (χ0v) is 14.7. The first-order chi connectivity index (χ1) is 11.0. The number of nitrogens with one attached hydrogen (secondary N) is 1. The third-order valence-electron chi connectivity index (χ3n) is 5.14. The molecule has 1 aromatic rings. The van der Waals surface area contributed by atoms with Crippen LogP contribution in [0.25, 0.3) is 0 Å². The Morgan fingerprint density at radius 1 is 1.43 bits per heavy atom. The second-order valence-electron chi connectivity index (χ2n) is 7.06. The quantitative estimate of drug-likeness (QED) is 0.863. The fourth-order valence-electron chi connectivity index (χ4n) is 3.67. The molecule has 1 aromatic heterocycles. The Hall–Kier alpha value is -0.980. The predicted octanol–water partition coefficient (Wildman–Crippen LogP) is 2.08. The van der Waals surface area contributed by atoms with Gasteiger partial charge < -0.3 is 10.4 Å². The molecule has 6 heteroatoms. The van der Waals surface area contributed by atoms with Crippen molar-refractivity contribution in [1.82, 2.24) is 15.2 Å². The lowest BCUT2D eigenvalue weighted by molar-refractivity contribution is -0.127. The monoisotopic (exact) mass is 337 g/mol. The summed E-state index contributed by atoms with van der Waals surface area (Å²) in [4.78, 5) is 19.2. The average Bonchev–Trinajstić information content (AvgIpc) is 3.15. The number of thiazole rings is 1.